The van der Waals surface area contributed by atoms with Crippen LogP contribution >= 0.6 is 0 Å². The second-order valence-electron chi connectivity index (χ2n) is 2.98. The first-order valence-electron chi connectivity index (χ1n) is 4.02. The molecule has 1 atom stereocenters. The van der Waals surface area contributed by atoms with Crippen LogP contribution in [0, 0.1) is 0 Å². The fourth-order valence-electron chi connectivity index (χ4n) is 0.989. The Balaban J connectivity index is 2.91. The van der Waals surface area contributed by atoms with Gasteiger partial charge in [-0.2, -0.15) is 13.2 Å². The summed E-state index contributed by atoms with van der Waals surface area (Å²) in [6.45, 7) is -0.854. The number of hydrogen-bond acceptors (Lipinski definition) is 3. The monoisotopic (exact) mass is 222 g/mol. The Morgan fingerprint density at radius 1 is 1.53 bits per heavy atom. The zero-order valence-electron chi connectivity index (χ0n) is 7.53. The van der Waals surface area contributed by atoms with Gasteiger partial charge in [0.05, 0.1) is 12.2 Å². The predicted molar refractivity (Wildman–Crippen MR) is 47.2 cm³/mol. The average molecular weight is 222 g/mol. The van der Waals surface area contributed by atoms with Crippen molar-refractivity contribution in [1.29, 1.82) is 0 Å². The van der Waals surface area contributed by atoms with Gasteiger partial charge in [-0.05, 0) is 12.1 Å². The molecule has 0 fully saturated rings. The Hall–Kier alpha value is -1.50. The van der Waals surface area contributed by atoms with Crippen molar-refractivity contribution < 1.29 is 18.3 Å². The van der Waals surface area contributed by atoms with Crippen molar-refractivity contribution in [2.45, 2.75) is 18.8 Å². The quantitative estimate of drug-likeness (QED) is 0.758. The van der Waals surface area contributed by atoms with E-state index < -0.39 is 24.4 Å². The molecule has 0 spiro atoms. The first kappa shape index (κ1) is 11.6. The van der Waals surface area contributed by atoms with Crippen LogP contribution in [-0.2, 0) is 6.54 Å². The summed E-state index contributed by atoms with van der Waals surface area (Å²) in [6.07, 6.45) is -6.19. The Kier molecular flexibility index (Phi) is 3.04. The molecule has 4 nitrogen and oxygen atoms in total. The highest BCUT2D eigenvalue weighted by Crippen LogP contribution is 2.20. The van der Waals surface area contributed by atoms with Crippen LogP contribution in [-0.4, -0.2) is 22.0 Å². The van der Waals surface area contributed by atoms with Crippen LogP contribution in [0.5, 0.6) is 0 Å². The molecule has 1 aromatic rings. The standard InChI is InChI=1S/C8H9F3N2O2/c9-8(10,11)6(14)4-13-3-1-2-5(12)7(13)15/h1-3,6,14H,4,12H2. The van der Waals surface area contributed by atoms with Crippen LogP contribution in [0.3, 0.4) is 0 Å². The molecule has 1 rings (SSSR count). The van der Waals surface area contributed by atoms with Crippen LogP contribution < -0.4 is 11.3 Å². The largest absolute Gasteiger partial charge is 0.416 e. The van der Waals surface area contributed by atoms with Gasteiger partial charge in [0, 0.05) is 6.20 Å². The Bertz CT molecular complexity index is 400. The molecule has 0 aromatic carbocycles. The van der Waals surface area contributed by atoms with Crippen molar-refractivity contribution in [2.24, 2.45) is 0 Å². The molecule has 0 aliphatic carbocycles. The fraction of sp³-hybridized carbons (Fsp3) is 0.375. The van der Waals surface area contributed by atoms with E-state index in [0.29, 0.717) is 4.57 Å². The second kappa shape index (κ2) is 3.93. The second-order valence-corrected chi connectivity index (χ2v) is 2.98. The number of nitrogens with two attached hydrogens (primary N) is 1. The van der Waals surface area contributed by atoms with Gasteiger partial charge < -0.3 is 15.4 Å². The first-order valence-corrected chi connectivity index (χ1v) is 4.02. The number of anilines is 1. The summed E-state index contributed by atoms with van der Waals surface area (Å²) < 4.78 is 36.6. The average Bonchev–Trinajstić information content (AvgIpc) is 2.11. The number of nitrogen functional groups attached to an aromatic ring is 1. The number of nitrogens with zero attached hydrogens (tertiary/aromatic N) is 1. The van der Waals surface area contributed by atoms with Crippen LogP contribution in [0.1, 0.15) is 0 Å². The van der Waals surface area contributed by atoms with Gasteiger partial charge >= 0.3 is 6.18 Å². The molecule has 1 heterocycles. The van der Waals surface area contributed by atoms with Gasteiger partial charge in [-0.1, -0.05) is 0 Å². The normalized spacial score (nSPS) is 13.9. The third-order valence-corrected chi connectivity index (χ3v) is 1.80. The van der Waals surface area contributed by atoms with Gasteiger partial charge in [-0.25, -0.2) is 0 Å². The lowest BCUT2D eigenvalue weighted by Crippen LogP contribution is -2.36. The van der Waals surface area contributed by atoms with Crippen molar-refractivity contribution in [3.8, 4) is 0 Å². The molecule has 1 unspecified atom stereocenters. The fourth-order valence-corrected chi connectivity index (χ4v) is 0.989. The Morgan fingerprint density at radius 3 is 2.67 bits per heavy atom. The molecule has 0 saturated heterocycles. The summed E-state index contributed by atoms with van der Waals surface area (Å²) in [5.74, 6) is 0. The SMILES string of the molecule is Nc1cccn(CC(O)C(F)(F)F)c1=O. The Labute approximate surface area is 82.7 Å². The summed E-state index contributed by atoms with van der Waals surface area (Å²) in [7, 11) is 0. The van der Waals surface area contributed by atoms with Gasteiger partial charge in [0.2, 0.25) is 0 Å². The minimum Gasteiger partial charge on any atom is -0.394 e. The van der Waals surface area contributed by atoms with Gasteiger partial charge in [0.25, 0.3) is 5.56 Å². The minimum absolute atomic E-state index is 0.160. The highest BCUT2D eigenvalue weighted by atomic mass is 19.4. The molecular weight excluding hydrogens is 213 g/mol. The van der Waals surface area contributed by atoms with Crippen molar-refractivity contribution in [3.63, 3.8) is 0 Å². The molecule has 0 amide bonds. The number of alkyl halides is 3. The lowest BCUT2D eigenvalue weighted by molar-refractivity contribution is -0.207. The van der Waals surface area contributed by atoms with E-state index in [2.05, 4.69) is 0 Å². The summed E-state index contributed by atoms with van der Waals surface area (Å²) in [6, 6.07) is 2.61. The molecule has 84 valence electrons. The van der Waals surface area contributed by atoms with E-state index in [4.69, 9.17) is 10.8 Å². The first-order chi connectivity index (χ1) is 6.82. The summed E-state index contributed by atoms with van der Waals surface area (Å²) in [4.78, 5) is 11.2. The lowest BCUT2D eigenvalue weighted by Gasteiger charge is -2.15. The van der Waals surface area contributed by atoms with E-state index >= 15 is 0 Å². The number of pyridine rings is 1. The molecule has 0 radical (unpaired) electrons. The van der Waals surface area contributed by atoms with Crippen molar-refractivity contribution in [1.82, 2.24) is 4.57 Å². The number of rotatable bonds is 2. The number of aromatic nitrogens is 1. The molecule has 15 heavy (non-hydrogen) atoms. The number of hydrogen-bond donors (Lipinski definition) is 2. The van der Waals surface area contributed by atoms with Gasteiger partial charge in [-0.3, -0.25) is 4.79 Å². The van der Waals surface area contributed by atoms with E-state index in [9.17, 15) is 18.0 Å². The topological polar surface area (TPSA) is 68.2 Å². The maximum absolute atomic E-state index is 12.0. The zero-order chi connectivity index (χ0) is 11.6. The molecule has 7 heteroatoms. The van der Waals surface area contributed by atoms with Gasteiger partial charge in [0.1, 0.15) is 0 Å². The van der Waals surface area contributed by atoms with Crippen LogP contribution in [0.2, 0.25) is 0 Å². The molecule has 0 aliphatic heterocycles. The van der Waals surface area contributed by atoms with Crippen LogP contribution in [0.25, 0.3) is 0 Å². The Morgan fingerprint density at radius 2 is 2.13 bits per heavy atom. The molecule has 0 bridgehead atoms. The third-order valence-electron chi connectivity index (χ3n) is 1.80. The number of aliphatic hydroxyl groups is 1. The smallest absolute Gasteiger partial charge is 0.394 e. The predicted octanol–water partition coefficient (Wildman–Crippen LogP) is 0.354. The van der Waals surface area contributed by atoms with Crippen LogP contribution in [0.15, 0.2) is 23.1 Å². The highest BCUT2D eigenvalue weighted by molar-refractivity contribution is 5.33. The molecule has 0 saturated carbocycles. The lowest BCUT2D eigenvalue weighted by atomic mass is 10.3. The number of aliphatic hydroxyl groups excluding tert-OH is 1. The molecule has 0 aliphatic rings. The van der Waals surface area contributed by atoms with E-state index in [1.807, 2.05) is 0 Å². The molecular formula is C8H9F3N2O2. The van der Waals surface area contributed by atoms with E-state index in [1.54, 1.807) is 0 Å². The molecule has 3 N–H and O–H groups in total. The zero-order valence-corrected chi connectivity index (χ0v) is 7.53. The van der Waals surface area contributed by atoms with Gasteiger partial charge in [0.15, 0.2) is 6.10 Å². The van der Waals surface area contributed by atoms with E-state index in [1.165, 1.54) is 12.1 Å². The van der Waals surface area contributed by atoms with E-state index in [-0.39, 0.29) is 5.69 Å². The number of halogens is 3. The van der Waals surface area contributed by atoms with Crippen molar-refractivity contribution >= 4 is 5.69 Å². The van der Waals surface area contributed by atoms with Crippen molar-refractivity contribution in [2.75, 3.05) is 5.73 Å². The van der Waals surface area contributed by atoms with E-state index in [0.717, 1.165) is 6.20 Å². The van der Waals surface area contributed by atoms with Crippen molar-refractivity contribution in [3.05, 3.63) is 28.7 Å². The highest BCUT2D eigenvalue weighted by Gasteiger charge is 2.38. The molecule has 1 aromatic heterocycles. The van der Waals surface area contributed by atoms with Gasteiger partial charge in [-0.15, -0.1) is 0 Å². The minimum atomic E-state index is -4.75. The summed E-state index contributed by atoms with van der Waals surface area (Å²) in [5, 5.41) is 8.73. The maximum atomic E-state index is 12.0. The maximum Gasteiger partial charge on any atom is 0.416 e. The summed E-state index contributed by atoms with van der Waals surface area (Å²) in [5.41, 5.74) is 4.30. The van der Waals surface area contributed by atoms with Crippen LogP contribution in [0.4, 0.5) is 18.9 Å². The third kappa shape index (κ3) is 2.72. The summed E-state index contributed by atoms with van der Waals surface area (Å²) >= 11 is 0.